The predicted octanol–water partition coefficient (Wildman–Crippen LogP) is 5.73. The molecule has 0 atom stereocenters. The van der Waals surface area contributed by atoms with Gasteiger partial charge in [0.1, 0.15) is 5.82 Å². The average Bonchev–Trinajstić information content (AvgIpc) is 3.39. The summed E-state index contributed by atoms with van der Waals surface area (Å²) in [4.78, 5) is 12.7. The molecule has 8 heteroatoms. The third-order valence-corrected chi connectivity index (χ3v) is 5.26. The Bertz CT molecular complexity index is 1390. The van der Waals surface area contributed by atoms with E-state index in [1.807, 2.05) is 43.3 Å². The number of H-pyrrole nitrogens is 2. The lowest BCUT2D eigenvalue weighted by Gasteiger charge is -2.05. The molecular weight excluding hydrogens is 415 g/mol. The number of imidazole rings is 1. The fourth-order valence-electron chi connectivity index (χ4n) is 3.47. The summed E-state index contributed by atoms with van der Waals surface area (Å²) < 4.78 is 14.2. The van der Waals surface area contributed by atoms with Crippen molar-refractivity contribution >= 4 is 28.5 Å². The number of hydrogen-bond acceptors (Lipinski definition) is 4. The van der Waals surface area contributed by atoms with Gasteiger partial charge in [-0.1, -0.05) is 29.8 Å². The van der Waals surface area contributed by atoms with Gasteiger partial charge >= 0.3 is 0 Å². The molecule has 0 amide bonds. The van der Waals surface area contributed by atoms with Crippen LogP contribution in [0.25, 0.3) is 33.5 Å². The second kappa shape index (κ2) is 7.85. The molecule has 31 heavy (non-hydrogen) atoms. The Balaban J connectivity index is 1.54. The van der Waals surface area contributed by atoms with Crippen molar-refractivity contribution in [3.8, 4) is 22.6 Å². The van der Waals surface area contributed by atoms with Crippen molar-refractivity contribution < 1.29 is 4.39 Å². The SMILES string of the molecule is Cc1cccc(-c2[nH]c(NCc3ccc(Cl)cc3F)nc2-c2ccc3[nH]ncc3c2)n1. The van der Waals surface area contributed by atoms with Crippen LogP contribution < -0.4 is 5.32 Å². The minimum atomic E-state index is -0.363. The molecule has 0 bridgehead atoms. The van der Waals surface area contributed by atoms with Gasteiger partial charge in [0.15, 0.2) is 0 Å². The van der Waals surface area contributed by atoms with E-state index in [2.05, 4.69) is 25.5 Å². The van der Waals surface area contributed by atoms with E-state index in [9.17, 15) is 4.39 Å². The number of fused-ring (bicyclic) bond motifs is 1. The number of halogens is 2. The molecule has 0 saturated carbocycles. The van der Waals surface area contributed by atoms with E-state index in [0.29, 0.717) is 16.5 Å². The summed E-state index contributed by atoms with van der Waals surface area (Å²) >= 11 is 5.85. The summed E-state index contributed by atoms with van der Waals surface area (Å²) in [7, 11) is 0. The standard InChI is InChI=1S/C23H18ClFN6/c1-13-3-2-4-20(28-13)22-21(14-6-8-19-16(9-14)12-27-31-19)29-23(30-22)26-11-15-5-7-17(24)10-18(15)25/h2-10,12H,11H2,1H3,(H,27,31)(H2,26,29,30). The fraction of sp³-hybridized carbons (Fsp3) is 0.0870. The van der Waals surface area contributed by atoms with Crippen molar-refractivity contribution in [3.05, 3.63) is 82.9 Å². The van der Waals surface area contributed by atoms with Crippen LogP contribution in [0.5, 0.6) is 0 Å². The molecule has 0 saturated heterocycles. The van der Waals surface area contributed by atoms with Gasteiger partial charge in [-0.05, 0) is 43.3 Å². The number of hydrogen-bond donors (Lipinski definition) is 3. The maximum atomic E-state index is 14.2. The largest absolute Gasteiger partial charge is 0.352 e. The zero-order valence-electron chi connectivity index (χ0n) is 16.6. The Kier molecular flexibility index (Phi) is 4.88. The number of benzene rings is 2. The Morgan fingerprint density at radius 3 is 2.81 bits per heavy atom. The molecule has 2 aromatic carbocycles. The molecule has 154 valence electrons. The van der Waals surface area contributed by atoms with Crippen LogP contribution in [-0.2, 0) is 6.54 Å². The number of pyridine rings is 1. The van der Waals surface area contributed by atoms with Gasteiger partial charge in [0, 0.05) is 33.8 Å². The van der Waals surface area contributed by atoms with E-state index >= 15 is 0 Å². The summed E-state index contributed by atoms with van der Waals surface area (Å²) in [5, 5.41) is 11.6. The minimum Gasteiger partial charge on any atom is -0.352 e. The number of rotatable bonds is 5. The van der Waals surface area contributed by atoms with Gasteiger partial charge in [-0.15, -0.1) is 0 Å². The van der Waals surface area contributed by atoms with Crippen molar-refractivity contribution in [1.29, 1.82) is 0 Å². The van der Waals surface area contributed by atoms with Crippen molar-refractivity contribution in [2.75, 3.05) is 5.32 Å². The lowest BCUT2D eigenvalue weighted by molar-refractivity contribution is 0.613. The number of aryl methyl sites for hydroxylation is 1. The van der Waals surface area contributed by atoms with Gasteiger partial charge in [-0.3, -0.25) is 10.1 Å². The molecule has 0 fully saturated rings. The summed E-state index contributed by atoms with van der Waals surface area (Å²) in [6.45, 7) is 2.21. The van der Waals surface area contributed by atoms with Gasteiger partial charge < -0.3 is 10.3 Å². The molecule has 3 N–H and O–H groups in total. The first-order valence-corrected chi connectivity index (χ1v) is 10.1. The first-order chi connectivity index (χ1) is 15.1. The maximum Gasteiger partial charge on any atom is 0.201 e. The molecule has 3 heterocycles. The third-order valence-electron chi connectivity index (χ3n) is 5.02. The van der Waals surface area contributed by atoms with Gasteiger partial charge in [0.05, 0.1) is 28.8 Å². The quantitative estimate of drug-likeness (QED) is 0.331. The number of anilines is 1. The van der Waals surface area contributed by atoms with Gasteiger partial charge in [0.2, 0.25) is 5.95 Å². The zero-order valence-corrected chi connectivity index (χ0v) is 17.3. The summed E-state index contributed by atoms with van der Waals surface area (Å²) in [5.41, 5.74) is 5.59. The minimum absolute atomic E-state index is 0.261. The van der Waals surface area contributed by atoms with E-state index in [-0.39, 0.29) is 12.4 Å². The molecule has 5 aromatic rings. The first-order valence-electron chi connectivity index (χ1n) is 9.72. The molecule has 0 spiro atoms. The van der Waals surface area contributed by atoms with Gasteiger partial charge in [-0.25, -0.2) is 9.37 Å². The summed E-state index contributed by atoms with van der Waals surface area (Å²) in [6, 6.07) is 16.4. The second-order valence-electron chi connectivity index (χ2n) is 7.23. The molecule has 3 aromatic heterocycles. The van der Waals surface area contributed by atoms with E-state index in [0.717, 1.165) is 39.2 Å². The smallest absolute Gasteiger partial charge is 0.201 e. The van der Waals surface area contributed by atoms with Crippen molar-refractivity contribution in [1.82, 2.24) is 25.1 Å². The highest BCUT2D eigenvalue weighted by Gasteiger charge is 2.16. The topological polar surface area (TPSA) is 82.3 Å². The van der Waals surface area contributed by atoms with E-state index in [4.69, 9.17) is 16.6 Å². The summed E-state index contributed by atoms with van der Waals surface area (Å²) in [6.07, 6.45) is 1.78. The van der Waals surface area contributed by atoms with Crippen molar-refractivity contribution in [2.24, 2.45) is 0 Å². The number of aromatic amines is 2. The Morgan fingerprint density at radius 2 is 1.97 bits per heavy atom. The molecule has 0 aliphatic heterocycles. The molecule has 0 aliphatic carbocycles. The molecule has 0 aliphatic rings. The van der Waals surface area contributed by atoms with Crippen LogP contribution >= 0.6 is 11.6 Å². The second-order valence-corrected chi connectivity index (χ2v) is 7.67. The van der Waals surface area contributed by atoms with Crippen molar-refractivity contribution in [3.63, 3.8) is 0 Å². The monoisotopic (exact) mass is 432 g/mol. The highest BCUT2D eigenvalue weighted by molar-refractivity contribution is 6.30. The summed E-state index contributed by atoms with van der Waals surface area (Å²) in [5.74, 6) is 0.160. The van der Waals surface area contributed by atoms with Gasteiger partial charge in [0.25, 0.3) is 0 Å². The average molecular weight is 433 g/mol. The number of nitrogens with zero attached hydrogens (tertiary/aromatic N) is 3. The van der Waals surface area contributed by atoms with Crippen molar-refractivity contribution in [2.45, 2.75) is 13.5 Å². The number of nitrogens with one attached hydrogen (secondary N) is 3. The third kappa shape index (κ3) is 3.87. The Morgan fingerprint density at radius 1 is 1.06 bits per heavy atom. The molecular formula is C23H18ClFN6. The lowest BCUT2D eigenvalue weighted by atomic mass is 10.1. The van der Waals surface area contributed by atoms with Crippen LogP contribution in [0.4, 0.5) is 10.3 Å². The fourth-order valence-corrected chi connectivity index (χ4v) is 3.63. The Labute approximate surface area is 182 Å². The predicted molar refractivity (Wildman–Crippen MR) is 120 cm³/mol. The molecule has 0 unspecified atom stereocenters. The van der Waals surface area contributed by atoms with Crippen LogP contribution in [-0.4, -0.2) is 25.1 Å². The van der Waals surface area contributed by atoms with Crippen LogP contribution in [0.3, 0.4) is 0 Å². The van der Waals surface area contributed by atoms with Crippen LogP contribution in [0.15, 0.2) is 60.8 Å². The van der Waals surface area contributed by atoms with E-state index in [1.54, 1.807) is 18.3 Å². The molecule has 0 radical (unpaired) electrons. The van der Waals surface area contributed by atoms with Crippen LogP contribution in [0, 0.1) is 12.7 Å². The number of aromatic nitrogens is 5. The highest BCUT2D eigenvalue weighted by atomic mass is 35.5. The lowest BCUT2D eigenvalue weighted by Crippen LogP contribution is -2.03. The maximum absolute atomic E-state index is 14.2. The van der Waals surface area contributed by atoms with Gasteiger partial charge in [-0.2, -0.15) is 5.10 Å². The first kappa shape index (κ1) is 19.3. The molecule has 5 rings (SSSR count). The Hall–Kier alpha value is -3.71. The zero-order chi connectivity index (χ0) is 21.4. The van der Waals surface area contributed by atoms with Crippen LogP contribution in [0.2, 0.25) is 5.02 Å². The normalized spacial score (nSPS) is 11.2. The van der Waals surface area contributed by atoms with E-state index < -0.39 is 0 Å². The molecule has 6 nitrogen and oxygen atoms in total. The van der Waals surface area contributed by atoms with E-state index in [1.165, 1.54) is 6.07 Å². The highest BCUT2D eigenvalue weighted by Crippen LogP contribution is 2.32. The van der Waals surface area contributed by atoms with Crippen LogP contribution in [0.1, 0.15) is 11.3 Å².